The van der Waals surface area contributed by atoms with Gasteiger partial charge in [-0.05, 0) is 47.0 Å². The van der Waals surface area contributed by atoms with Gasteiger partial charge in [-0.25, -0.2) is 4.79 Å². The maximum atomic E-state index is 12.7. The second kappa shape index (κ2) is 10.9. The van der Waals surface area contributed by atoms with Crippen molar-refractivity contribution in [1.82, 2.24) is 0 Å². The Bertz CT molecular complexity index is 1290. The van der Waals surface area contributed by atoms with Crippen LogP contribution in [0.4, 0.5) is 0 Å². The summed E-state index contributed by atoms with van der Waals surface area (Å²) >= 11 is 0. The molecule has 0 aliphatic heterocycles. The number of rotatable bonds is 8. The molecular formula is C30H24O4. The number of hydrogen-bond donors (Lipinski definition) is 0. The van der Waals surface area contributed by atoms with E-state index >= 15 is 0 Å². The molecule has 0 saturated heterocycles. The number of hydrogen-bond acceptors (Lipinski definition) is 4. The molecule has 0 amide bonds. The van der Waals surface area contributed by atoms with E-state index in [4.69, 9.17) is 9.47 Å². The molecule has 4 aromatic rings. The van der Waals surface area contributed by atoms with Crippen molar-refractivity contribution >= 4 is 17.8 Å². The van der Waals surface area contributed by atoms with E-state index in [1.54, 1.807) is 24.3 Å². The highest BCUT2D eigenvalue weighted by atomic mass is 16.5. The van der Waals surface area contributed by atoms with Crippen molar-refractivity contribution < 1.29 is 19.1 Å². The van der Waals surface area contributed by atoms with Gasteiger partial charge in [0.2, 0.25) is 0 Å². The van der Waals surface area contributed by atoms with Crippen molar-refractivity contribution in [2.24, 2.45) is 0 Å². The quantitative estimate of drug-likeness (QED) is 0.173. The van der Waals surface area contributed by atoms with Crippen LogP contribution in [0, 0.1) is 0 Å². The molecule has 0 atom stereocenters. The molecule has 4 rings (SSSR count). The third-order valence-corrected chi connectivity index (χ3v) is 5.38. The molecule has 0 saturated carbocycles. The van der Waals surface area contributed by atoms with Gasteiger partial charge < -0.3 is 9.47 Å². The molecular weight excluding hydrogens is 424 g/mol. The van der Waals surface area contributed by atoms with Gasteiger partial charge in [0.05, 0.1) is 12.7 Å². The molecule has 0 aliphatic rings. The van der Waals surface area contributed by atoms with Crippen LogP contribution < -0.4 is 4.74 Å². The molecule has 0 radical (unpaired) electrons. The maximum absolute atomic E-state index is 12.7. The van der Waals surface area contributed by atoms with Gasteiger partial charge in [-0.15, -0.1) is 0 Å². The number of ketones is 1. The average Bonchev–Trinajstić information content (AvgIpc) is 2.91. The lowest BCUT2D eigenvalue weighted by Gasteiger charge is -2.10. The molecule has 0 spiro atoms. The minimum absolute atomic E-state index is 0.0761. The van der Waals surface area contributed by atoms with E-state index in [9.17, 15) is 9.59 Å². The first-order valence-corrected chi connectivity index (χ1v) is 10.9. The Labute approximate surface area is 199 Å². The fraction of sp³-hybridized carbons (Fsp3) is 0.0667. The third-order valence-electron chi connectivity index (χ3n) is 5.38. The standard InChI is InChI=1S/C30H24O4/c1-33-30(32)27-13-11-22(12-14-27)21-34-29-10-6-5-9-26(29)19-20-28(31)25-17-15-24(16-18-25)23-7-3-2-4-8-23/h2-20H,21H2,1H3. The zero-order valence-electron chi connectivity index (χ0n) is 18.8. The monoisotopic (exact) mass is 448 g/mol. The van der Waals surface area contributed by atoms with Crippen LogP contribution in [0.5, 0.6) is 5.75 Å². The van der Waals surface area contributed by atoms with Crippen LogP contribution in [0.15, 0.2) is 109 Å². The molecule has 0 aromatic heterocycles. The van der Waals surface area contributed by atoms with Crippen LogP contribution >= 0.6 is 0 Å². The molecule has 0 aliphatic carbocycles. The average molecular weight is 449 g/mol. The molecule has 4 aromatic carbocycles. The van der Waals surface area contributed by atoms with Crippen LogP contribution in [0.25, 0.3) is 17.2 Å². The second-order valence-corrected chi connectivity index (χ2v) is 7.66. The molecule has 0 N–H and O–H groups in total. The Morgan fingerprint density at radius 2 is 1.32 bits per heavy atom. The molecule has 4 nitrogen and oxygen atoms in total. The van der Waals surface area contributed by atoms with Crippen LogP contribution in [0.1, 0.15) is 31.8 Å². The first kappa shape index (κ1) is 22.7. The zero-order chi connectivity index (χ0) is 23.8. The molecule has 34 heavy (non-hydrogen) atoms. The van der Waals surface area contributed by atoms with Crippen LogP contribution in [0.3, 0.4) is 0 Å². The molecule has 0 unspecified atom stereocenters. The third kappa shape index (κ3) is 5.67. The van der Waals surface area contributed by atoms with Gasteiger partial charge in [-0.1, -0.05) is 84.9 Å². The Morgan fingerprint density at radius 1 is 0.706 bits per heavy atom. The number of esters is 1. The summed E-state index contributed by atoms with van der Waals surface area (Å²) < 4.78 is 10.7. The number of ether oxygens (including phenoxy) is 2. The lowest BCUT2D eigenvalue weighted by molar-refractivity contribution is 0.0600. The number of allylic oxidation sites excluding steroid dienone is 1. The van der Waals surface area contributed by atoms with Crippen molar-refractivity contribution in [3.8, 4) is 16.9 Å². The molecule has 0 bridgehead atoms. The SMILES string of the molecule is COC(=O)c1ccc(COc2ccccc2C=CC(=O)c2ccc(-c3ccccc3)cc2)cc1. The van der Waals surface area contributed by atoms with Crippen LogP contribution in [-0.2, 0) is 11.3 Å². The molecule has 168 valence electrons. The lowest BCUT2D eigenvalue weighted by atomic mass is 10.0. The summed E-state index contributed by atoms with van der Waals surface area (Å²) in [6, 6.07) is 32.3. The van der Waals surface area contributed by atoms with E-state index in [1.165, 1.54) is 7.11 Å². The minimum Gasteiger partial charge on any atom is -0.488 e. The van der Waals surface area contributed by atoms with Gasteiger partial charge in [0.25, 0.3) is 0 Å². The van der Waals surface area contributed by atoms with Crippen molar-refractivity contribution in [3.63, 3.8) is 0 Å². The van der Waals surface area contributed by atoms with Crippen LogP contribution in [0.2, 0.25) is 0 Å². The normalized spacial score (nSPS) is 10.7. The van der Waals surface area contributed by atoms with Crippen molar-refractivity contribution in [3.05, 3.63) is 131 Å². The summed E-state index contributed by atoms with van der Waals surface area (Å²) in [6.07, 6.45) is 3.33. The number of carbonyl (C=O) groups is 2. The summed E-state index contributed by atoms with van der Waals surface area (Å²) in [5, 5.41) is 0. The Morgan fingerprint density at radius 3 is 2.03 bits per heavy atom. The van der Waals surface area contributed by atoms with E-state index in [0.717, 1.165) is 22.3 Å². The van der Waals surface area contributed by atoms with E-state index in [2.05, 4.69) is 0 Å². The maximum Gasteiger partial charge on any atom is 0.337 e. The topological polar surface area (TPSA) is 52.6 Å². The second-order valence-electron chi connectivity index (χ2n) is 7.66. The predicted molar refractivity (Wildman–Crippen MR) is 134 cm³/mol. The van der Waals surface area contributed by atoms with Gasteiger partial charge in [0.15, 0.2) is 5.78 Å². The number of carbonyl (C=O) groups excluding carboxylic acids is 2. The zero-order valence-corrected chi connectivity index (χ0v) is 18.8. The highest BCUT2D eigenvalue weighted by Gasteiger charge is 2.07. The first-order chi connectivity index (χ1) is 16.6. The summed E-state index contributed by atoms with van der Waals surface area (Å²) in [7, 11) is 1.36. The van der Waals surface area contributed by atoms with E-state index in [0.29, 0.717) is 23.5 Å². The van der Waals surface area contributed by atoms with E-state index < -0.39 is 0 Å². The Hall–Kier alpha value is -4.44. The molecule has 0 fully saturated rings. The van der Waals surface area contributed by atoms with Gasteiger partial charge in [0.1, 0.15) is 12.4 Å². The van der Waals surface area contributed by atoms with Gasteiger partial charge >= 0.3 is 5.97 Å². The smallest absolute Gasteiger partial charge is 0.337 e. The molecule has 4 heteroatoms. The highest BCUT2D eigenvalue weighted by molar-refractivity contribution is 6.07. The summed E-state index contributed by atoms with van der Waals surface area (Å²) in [5.41, 5.74) is 5.02. The fourth-order valence-corrected chi connectivity index (χ4v) is 3.48. The van der Waals surface area contributed by atoms with Crippen molar-refractivity contribution in [2.75, 3.05) is 7.11 Å². The number of benzene rings is 4. The van der Waals surface area contributed by atoms with Gasteiger partial charge in [-0.2, -0.15) is 0 Å². The largest absolute Gasteiger partial charge is 0.488 e. The van der Waals surface area contributed by atoms with Crippen LogP contribution in [-0.4, -0.2) is 18.9 Å². The highest BCUT2D eigenvalue weighted by Crippen LogP contribution is 2.22. The molecule has 0 heterocycles. The lowest BCUT2D eigenvalue weighted by Crippen LogP contribution is -2.02. The number of para-hydroxylation sites is 1. The Balaban J connectivity index is 1.41. The minimum atomic E-state index is -0.373. The Kier molecular flexibility index (Phi) is 7.31. The van der Waals surface area contributed by atoms with E-state index in [1.807, 2.05) is 91.0 Å². The number of methoxy groups -OCH3 is 1. The summed E-state index contributed by atoms with van der Waals surface area (Å²) in [5.74, 6) is 0.221. The predicted octanol–water partition coefficient (Wildman–Crippen LogP) is 6.62. The van der Waals surface area contributed by atoms with Gasteiger partial charge in [-0.3, -0.25) is 4.79 Å². The van der Waals surface area contributed by atoms with Crippen molar-refractivity contribution in [1.29, 1.82) is 0 Å². The van der Waals surface area contributed by atoms with E-state index in [-0.39, 0.29) is 11.8 Å². The first-order valence-electron chi connectivity index (χ1n) is 10.9. The van der Waals surface area contributed by atoms with Gasteiger partial charge in [0, 0.05) is 11.1 Å². The van der Waals surface area contributed by atoms with Crippen molar-refractivity contribution in [2.45, 2.75) is 6.61 Å². The summed E-state index contributed by atoms with van der Waals surface area (Å²) in [4.78, 5) is 24.3. The fourth-order valence-electron chi connectivity index (χ4n) is 3.48. The summed E-state index contributed by atoms with van der Waals surface area (Å²) in [6.45, 7) is 0.335.